The first-order valence-corrected chi connectivity index (χ1v) is 4.61. The van der Waals surface area contributed by atoms with Gasteiger partial charge in [0.25, 0.3) is 5.56 Å². The zero-order valence-electron chi connectivity index (χ0n) is 8.91. The van der Waals surface area contributed by atoms with Crippen molar-refractivity contribution in [3.8, 4) is 0 Å². The second-order valence-corrected chi connectivity index (χ2v) is 3.34. The van der Waals surface area contributed by atoms with Gasteiger partial charge in [-0.3, -0.25) is 14.4 Å². The largest absolute Gasteiger partial charge is 0.464 e. The van der Waals surface area contributed by atoms with E-state index in [0.717, 1.165) is 17.7 Å². The van der Waals surface area contributed by atoms with Gasteiger partial charge in [-0.15, -0.1) is 0 Å². The van der Waals surface area contributed by atoms with Gasteiger partial charge in [0.15, 0.2) is 11.4 Å². The maximum Gasteiger partial charge on any atom is 0.434 e. The van der Waals surface area contributed by atoms with Crippen molar-refractivity contribution in [2.75, 3.05) is 7.11 Å². The highest BCUT2D eigenvalue weighted by Gasteiger charge is 2.34. The minimum absolute atomic E-state index is 0.0835. The van der Waals surface area contributed by atoms with Crippen LogP contribution < -0.4 is 5.56 Å². The minimum atomic E-state index is -4.74. The number of nitrogens with one attached hydrogen (secondary N) is 1. The fraction of sp³-hybridized carbons (Fsp3) is 0.222. The number of methoxy groups -OCH3 is 1. The van der Waals surface area contributed by atoms with Gasteiger partial charge in [-0.1, -0.05) is 0 Å². The van der Waals surface area contributed by atoms with E-state index in [-0.39, 0.29) is 5.52 Å². The maximum absolute atomic E-state index is 12.5. The van der Waals surface area contributed by atoms with Gasteiger partial charge >= 0.3 is 12.1 Å². The van der Waals surface area contributed by atoms with E-state index in [1.807, 2.05) is 0 Å². The maximum atomic E-state index is 12.5. The van der Waals surface area contributed by atoms with Gasteiger partial charge in [0.05, 0.1) is 13.3 Å². The average molecular weight is 261 g/mol. The van der Waals surface area contributed by atoms with Crippen molar-refractivity contribution in [2.24, 2.45) is 0 Å². The van der Waals surface area contributed by atoms with E-state index >= 15 is 0 Å². The summed E-state index contributed by atoms with van der Waals surface area (Å²) >= 11 is 0. The molecule has 0 unspecified atom stereocenters. The molecule has 2 rings (SSSR count). The number of aromatic amines is 1. The van der Waals surface area contributed by atoms with Crippen molar-refractivity contribution in [1.82, 2.24) is 14.6 Å². The van der Waals surface area contributed by atoms with Gasteiger partial charge in [0.2, 0.25) is 0 Å². The molecule has 1 N–H and O–H groups in total. The molecule has 0 spiro atoms. The van der Waals surface area contributed by atoms with E-state index in [4.69, 9.17) is 0 Å². The summed E-state index contributed by atoms with van der Waals surface area (Å²) in [4.78, 5) is 25.6. The van der Waals surface area contributed by atoms with Crippen molar-refractivity contribution < 1.29 is 22.7 Å². The second kappa shape index (κ2) is 3.86. The van der Waals surface area contributed by atoms with Crippen molar-refractivity contribution in [1.29, 1.82) is 0 Å². The molecule has 2 heterocycles. The van der Waals surface area contributed by atoms with Gasteiger partial charge in [-0.05, 0) is 0 Å². The van der Waals surface area contributed by atoms with E-state index in [1.165, 1.54) is 0 Å². The van der Waals surface area contributed by atoms with Gasteiger partial charge in [0.1, 0.15) is 5.52 Å². The molecule has 0 saturated heterocycles. The van der Waals surface area contributed by atoms with E-state index < -0.39 is 29.1 Å². The summed E-state index contributed by atoms with van der Waals surface area (Å²) < 4.78 is 42.8. The number of halogens is 3. The van der Waals surface area contributed by atoms with Crippen LogP contribution in [0, 0.1) is 0 Å². The van der Waals surface area contributed by atoms with E-state index in [0.29, 0.717) is 6.20 Å². The van der Waals surface area contributed by atoms with E-state index in [2.05, 4.69) is 14.8 Å². The fourth-order valence-corrected chi connectivity index (χ4v) is 1.40. The number of carbonyl (C=O) groups excluding carboxylic acids is 1. The third kappa shape index (κ3) is 1.94. The number of alkyl halides is 3. The quantitative estimate of drug-likeness (QED) is 0.771. The second-order valence-electron chi connectivity index (χ2n) is 3.34. The Morgan fingerprint density at radius 2 is 2.17 bits per heavy atom. The molecule has 0 fully saturated rings. The summed E-state index contributed by atoms with van der Waals surface area (Å²) in [6, 6.07) is 0.958. The Morgan fingerprint density at radius 1 is 1.50 bits per heavy atom. The van der Waals surface area contributed by atoms with Crippen LogP contribution in [0.2, 0.25) is 0 Å². The Bertz CT molecular complexity index is 671. The third-order valence-corrected chi connectivity index (χ3v) is 2.15. The highest BCUT2D eigenvalue weighted by atomic mass is 19.4. The summed E-state index contributed by atoms with van der Waals surface area (Å²) in [5.41, 5.74) is -2.62. The molecular weight excluding hydrogens is 255 g/mol. The lowest BCUT2D eigenvalue weighted by atomic mass is 10.3. The molecule has 18 heavy (non-hydrogen) atoms. The molecule has 96 valence electrons. The van der Waals surface area contributed by atoms with Crippen molar-refractivity contribution in [2.45, 2.75) is 6.18 Å². The first-order valence-electron chi connectivity index (χ1n) is 4.61. The Kier molecular flexibility index (Phi) is 2.60. The molecular formula is C9H6F3N3O3. The van der Waals surface area contributed by atoms with Gasteiger partial charge in [0, 0.05) is 6.07 Å². The van der Waals surface area contributed by atoms with Gasteiger partial charge in [-0.25, -0.2) is 9.78 Å². The van der Waals surface area contributed by atoms with Crippen LogP contribution in [0.25, 0.3) is 5.52 Å². The molecule has 6 nitrogen and oxygen atoms in total. The van der Waals surface area contributed by atoms with Crippen LogP contribution in [0.3, 0.4) is 0 Å². The molecule has 0 aromatic carbocycles. The standard InChI is InChI=1S/C9H6F3N3O3/c1-18-8(17)7-4-2-6(16)14-15(4)3-5(13-7)9(10,11)12/h2-3H,1H3,(H,14,16). The molecule has 0 bridgehead atoms. The first kappa shape index (κ1) is 12.1. The predicted molar refractivity (Wildman–Crippen MR) is 52.2 cm³/mol. The number of fused-ring (bicyclic) bond motifs is 1. The number of ether oxygens (including phenoxy) is 1. The van der Waals surface area contributed by atoms with Crippen LogP contribution in [0.1, 0.15) is 16.2 Å². The molecule has 0 aliphatic carbocycles. The third-order valence-electron chi connectivity index (χ3n) is 2.15. The number of esters is 1. The number of aromatic nitrogens is 3. The molecule has 0 saturated carbocycles. The van der Waals surface area contributed by atoms with Crippen LogP contribution in [-0.2, 0) is 10.9 Å². The van der Waals surface area contributed by atoms with Crippen LogP contribution in [0.5, 0.6) is 0 Å². The van der Waals surface area contributed by atoms with Gasteiger partial charge in [-0.2, -0.15) is 13.2 Å². The zero-order valence-corrected chi connectivity index (χ0v) is 8.91. The number of hydrogen-bond donors (Lipinski definition) is 1. The molecule has 9 heteroatoms. The number of rotatable bonds is 1. The SMILES string of the molecule is COC(=O)c1nc(C(F)(F)F)cn2[nH]c(=O)cc12. The van der Waals surface area contributed by atoms with E-state index in [9.17, 15) is 22.8 Å². The van der Waals surface area contributed by atoms with Crippen LogP contribution >= 0.6 is 0 Å². The van der Waals surface area contributed by atoms with Gasteiger partial charge < -0.3 is 4.74 Å². The highest BCUT2D eigenvalue weighted by Crippen LogP contribution is 2.28. The number of nitrogens with zero attached hydrogens (tertiary/aromatic N) is 2. The summed E-state index contributed by atoms with van der Waals surface area (Å²) in [5.74, 6) is -1.06. The molecule has 0 amide bonds. The smallest absolute Gasteiger partial charge is 0.434 e. The van der Waals surface area contributed by atoms with Crippen molar-refractivity contribution in [3.05, 3.63) is 34.0 Å². The predicted octanol–water partition coefficient (Wildman–Crippen LogP) is 0.828. The fourth-order valence-electron chi connectivity index (χ4n) is 1.40. The minimum Gasteiger partial charge on any atom is -0.464 e. The Morgan fingerprint density at radius 3 is 2.72 bits per heavy atom. The number of carbonyl (C=O) groups is 1. The highest BCUT2D eigenvalue weighted by molar-refractivity contribution is 5.94. The molecule has 2 aromatic heterocycles. The monoisotopic (exact) mass is 261 g/mol. The molecule has 0 radical (unpaired) electrons. The number of H-pyrrole nitrogens is 1. The summed E-state index contributed by atoms with van der Waals surface area (Å²) in [6.07, 6.45) is -4.15. The molecule has 0 atom stereocenters. The normalized spacial score (nSPS) is 11.8. The molecule has 0 aliphatic heterocycles. The van der Waals surface area contributed by atoms with Crippen LogP contribution in [-0.4, -0.2) is 27.7 Å². The topological polar surface area (TPSA) is 76.5 Å². The first-order chi connectivity index (χ1) is 8.32. The summed E-state index contributed by atoms with van der Waals surface area (Å²) in [5, 5.41) is 2.10. The lowest BCUT2D eigenvalue weighted by Gasteiger charge is -2.08. The Balaban J connectivity index is 2.80. The Labute approximate surface area is 97.0 Å². The van der Waals surface area contributed by atoms with Crippen molar-refractivity contribution >= 4 is 11.5 Å². The lowest BCUT2D eigenvalue weighted by molar-refractivity contribution is -0.141. The zero-order chi connectivity index (χ0) is 13.5. The summed E-state index contributed by atoms with van der Waals surface area (Å²) in [7, 11) is 1.01. The lowest BCUT2D eigenvalue weighted by Crippen LogP contribution is -2.15. The molecule has 2 aromatic rings. The van der Waals surface area contributed by atoms with Crippen LogP contribution in [0.4, 0.5) is 13.2 Å². The average Bonchev–Trinajstić information content (AvgIpc) is 2.65. The van der Waals surface area contributed by atoms with Crippen LogP contribution in [0.15, 0.2) is 17.1 Å². The van der Waals surface area contributed by atoms with E-state index in [1.54, 1.807) is 0 Å². The molecule has 0 aliphatic rings. The number of hydrogen-bond acceptors (Lipinski definition) is 4. The van der Waals surface area contributed by atoms with Crippen molar-refractivity contribution in [3.63, 3.8) is 0 Å². The summed E-state index contributed by atoms with van der Waals surface area (Å²) in [6.45, 7) is 0. The Hall–Kier alpha value is -2.32.